The zero-order valence-corrected chi connectivity index (χ0v) is 14.6. The molecule has 124 valence electrons. The van der Waals surface area contributed by atoms with Crippen molar-refractivity contribution < 1.29 is 0 Å². The van der Waals surface area contributed by atoms with Crippen LogP contribution in [0.5, 0.6) is 0 Å². The van der Waals surface area contributed by atoms with Crippen LogP contribution < -0.4 is 5.32 Å². The van der Waals surface area contributed by atoms with Gasteiger partial charge in [-0.2, -0.15) is 0 Å². The van der Waals surface area contributed by atoms with Crippen molar-refractivity contribution in [3.8, 4) is 0 Å². The molecule has 0 aliphatic heterocycles. The summed E-state index contributed by atoms with van der Waals surface area (Å²) in [6.45, 7) is 9.88. The SMILES string of the molecule is C=CN=C(/C=C\CC1CCCCC1)CNC/C=C\[C@H](C)CC. The van der Waals surface area contributed by atoms with E-state index in [-0.39, 0.29) is 0 Å². The van der Waals surface area contributed by atoms with E-state index in [0.717, 1.165) is 24.7 Å². The van der Waals surface area contributed by atoms with Crippen LogP contribution >= 0.6 is 0 Å². The molecule has 1 N–H and O–H groups in total. The Hall–Kier alpha value is -1.15. The minimum Gasteiger partial charge on any atom is -0.308 e. The predicted molar refractivity (Wildman–Crippen MR) is 99.4 cm³/mol. The van der Waals surface area contributed by atoms with Crippen LogP contribution in [0.1, 0.15) is 58.8 Å². The molecule has 0 aromatic heterocycles. The first-order valence-electron chi connectivity index (χ1n) is 8.97. The molecule has 0 amide bonds. The van der Waals surface area contributed by atoms with Gasteiger partial charge in [0.25, 0.3) is 0 Å². The van der Waals surface area contributed by atoms with Gasteiger partial charge >= 0.3 is 0 Å². The lowest BCUT2D eigenvalue weighted by atomic mass is 9.87. The monoisotopic (exact) mass is 302 g/mol. The van der Waals surface area contributed by atoms with Gasteiger partial charge in [0.2, 0.25) is 0 Å². The highest BCUT2D eigenvalue weighted by Gasteiger charge is 2.11. The first-order chi connectivity index (χ1) is 10.8. The maximum Gasteiger partial charge on any atom is 0.0538 e. The maximum absolute atomic E-state index is 4.36. The smallest absolute Gasteiger partial charge is 0.0538 e. The molecule has 0 radical (unpaired) electrons. The number of nitrogens with one attached hydrogen (secondary N) is 1. The fourth-order valence-corrected chi connectivity index (χ4v) is 2.80. The lowest BCUT2D eigenvalue weighted by molar-refractivity contribution is 0.361. The van der Waals surface area contributed by atoms with Crippen molar-refractivity contribution in [2.24, 2.45) is 16.8 Å². The average molecular weight is 303 g/mol. The summed E-state index contributed by atoms with van der Waals surface area (Å²) in [5, 5.41) is 3.42. The van der Waals surface area contributed by atoms with Crippen LogP contribution in [0, 0.1) is 11.8 Å². The molecule has 1 aliphatic rings. The second kappa shape index (κ2) is 12.4. The van der Waals surface area contributed by atoms with Gasteiger partial charge in [-0.3, -0.25) is 4.99 Å². The third-order valence-electron chi connectivity index (χ3n) is 4.44. The molecule has 1 saturated carbocycles. The van der Waals surface area contributed by atoms with Crippen molar-refractivity contribution in [2.45, 2.75) is 58.8 Å². The van der Waals surface area contributed by atoms with Crippen molar-refractivity contribution >= 4 is 5.71 Å². The molecule has 1 rings (SSSR count). The van der Waals surface area contributed by atoms with E-state index >= 15 is 0 Å². The lowest BCUT2D eigenvalue weighted by Crippen LogP contribution is -2.21. The van der Waals surface area contributed by atoms with E-state index in [1.54, 1.807) is 6.20 Å². The number of hydrogen-bond donors (Lipinski definition) is 1. The van der Waals surface area contributed by atoms with Crippen LogP contribution in [0.15, 0.2) is 42.1 Å². The molecular weight excluding hydrogens is 268 g/mol. The van der Waals surface area contributed by atoms with Crippen molar-refractivity contribution in [3.05, 3.63) is 37.1 Å². The summed E-state index contributed by atoms with van der Waals surface area (Å²) in [4.78, 5) is 4.36. The molecule has 2 heteroatoms. The van der Waals surface area contributed by atoms with Crippen molar-refractivity contribution in [1.82, 2.24) is 5.32 Å². The number of hydrogen-bond acceptors (Lipinski definition) is 2. The molecule has 0 spiro atoms. The van der Waals surface area contributed by atoms with Crippen LogP contribution in [-0.2, 0) is 0 Å². The third kappa shape index (κ3) is 8.99. The molecular formula is C20H34N2. The topological polar surface area (TPSA) is 24.4 Å². The molecule has 0 aromatic rings. The van der Waals surface area contributed by atoms with Gasteiger partial charge in [0.15, 0.2) is 0 Å². The molecule has 0 unspecified atom stereocenters. The Labute approximate surface area is 137 Å². The van der Waals surface area contributed by atoms with Gasteiger partial charge in [-0.15, -0.1) is 0 Å². The summed E-state index contributed by atoms with van der Waals surface area (Å²) in [5.41, 5.74) is 1.07. The summed E-state index contributed by atoms with van der Waals surface area (Å²) >= 11 is 0. The van der Waals surface area contributed by atoms with E-state index < -0.39 is 0 Å². The molecule has 1 atom stereocenters. The van der Waals surface area contributed by atoms with Crippen molar-refractivity contribution in [3.63, 3.8) is 0 Å². The van der Waals surface area contributed by atoms with Gasteiger partial charge in [0.05, 0.1) is 5.71 Å². The molecule has 0 bridgehead atoms. The standard InChI is InChI=1S/C20H34N2/c1-4-18(3)11-10-16-21-17-20(22-5-2)15-9-14-19-12-7-6-8-13-19/h5,9-11,15,18-19,21H,2,4,6-8,12-14,16-17H2,1,3H3/b11-10-,15-9-,22-20?/t18-/m1/s1. The van der Waals surface area contributed by atoms with Gasteiger partial charge in [-0.1, -0.05) is 77.2 Å². The van der Waals surface area contributed by atoms with Crippen molar-refractivity contribution in [2.75, 3.05) is 13.1 Å². The molecule has 22 heavy (non-hydrogen) atoms. The van der Waals surface area contributed by atoms with Crippen molar-refractivity contribution in [1.29, 1.82) is 0 Å². The Morgan fingerprint density at radius 2 is 2.05 bits per heavy atom. The van der Waals surface area contributed by atoms with E-state index in [2.05, 4.69) is 55.0 Å². The second-order valence-corrected chi connectivity index (χ2v) is 6.39. The second-order valence-electron chi connectivity index (χ2n) is 6.39. The van der Waals surface area contributed by atoms with E-state index in [1.165, 1.54) is 44.9 Å². The van der Waals surface area contributed by atoms with Crippen LogP contribution in [0.2, 0.25) is 0 Å². The largest absolute Gasteiger partial charge is 0.308 e. The summed E-state index contributed by atoms with van der Waals surface area (Å²) in [6, 6.07) is 0. The van der Waals surface area contributed by atoms with Crippen LogP contribution in [0.4, 0.5) is 0 Å². The minimum atomic E-state index is 0.665. The Morgan fingerprint density at radius 3 is 2.73 bits per heavy atom. The molecule has 2 nitrogen and oxygen atoms in total. The number of nitrogens with zero attached hydrogens (tertiary/aromatic N) is 1. The summed E-state index contributed by atoms with van der Waals surface area (Å²) < 4.78 is 0. The summed E-state index contributed by atoms with van der Waals surface area (Å²) in [7, 11) is 0. The van der Waals surface area contributed by atoms with Crippen LogP contribution in [0.25, 0.3) is 0 Å². The maximum atomic E-state index is 4.36. The Bertz CT molecular complexity index is 373. The van der Waals surface area contributed by atoms with Gasteiger partial charge in [-0.25, -0.2) is 0 Å². The van der Waals surface area contributed by atoms with E-state index in [4.69, 9.17) is 0 Å². The molecule has 0 heterocycles. The lowest BCUT2D eigenvalue weighted by Gasteiger charge is -2.19. The average Bonchev–Trinajstić information content (AvgIpc) is 2.55. The molecule has 1 fully saturated rings. The van der Waals surface area contributed by atoms with E-state index in [0.29, 0.717) is 5.92 Å². The molecule has 1 aliphatic carbocycles. The Kier molecular flexibility index (Phi) is 10.7. The number of allylic oxidation sites excluding steroid dienone is 2. The first kappa shape index (κ1) is 18.9. The van der Waals surface area contributed by atoms with Gasteiger partial charge in [-0.05, 0) is 24.3 Å². The highest BCUT2D eigenvalue weighted by Crippen LogP contribution is 2.26. The predicted octanol–water partition coefficient (Wildman–Crippen LogP) is 5.29. The zero-order chi connectivity index (χ0) is 16.0. The van der Waals surface area contributed by atoms with Crippen LogP contribution in [0.3, 0.4) is 0 Å². The highest BCUT2D eigenvalue weighted by atomic mass is 14.9. The molecule has 0 saturated heterocycles. The normalized spacial score (nSPS) is 19.1. The summed E-state index contributed by atoms with van der Waals surface area (Å²) in [5.74, 6) is 1.56. The van der Waals surface area contributed by atoms with Gasteiger partial charge < -0.3 is 5.32 Å². The van der Waals surface area contributed by atoms with E-state index in [9.17, 15) is 0 Å². The van der Waals surface area contributed by atoms with Gasteiger partial charge in [0, 0.05) is 19.3 Å². The Morgan fingerprint density at radius 1 is 1.27 bits per heavy atom. The quantitative estimate of drug-likeness (QED) is 0.331. The third-order valence-corrected chi connectivity index (χ3v) is 4.44. The van der Waals surface area contributed by atoms with E-state index in [1.807, 2.05) is 0 Å². The fraction of sp³-hybridized carbons (Fsp3) is 0.650. The zero-order valence-electron chi connectivity index (χ0n) is 14.6. The minimum absolute atomic E-state index is 0.665. The first-order valence-corrected chi connectivity index (χ1v) is 8.97. The molecule has 0 aromatic carbocycles. The number of aliphatic imine (C=N–C) groups is 1. The summed E-state index contributed by atoms with van der Waals surface area (Å²) in [6.07, 6.45) is 20.0. The van der Waals surface area contributed by atoms with Gasteiger partial charge in [0.1, 0.15) is 0 Å². The fourth-order valence-electron chi connectivity index (χ4n) is 2.80. The number of rotatable bonds is 10. The van der Waals surface area contributed by atoms with Crippen LogP contribution in [-0.4, -0.2) is 18.8 Å². The Balaban J connectivity index is 2.27. The highest BCUT2D eigenvalue weighted by molar-refractivity contribution is 5.96.